The molecule has 0 aliphatic heterocycles. The summed E-state index contributed by atoms with van der Waals surface area (Å²) >= 11 is 5.91. The lowest BCUT2D eigenvalue weighted by molar-refractivity contribution is -0.118. The summed E-state index contributed by atoms with van der Waals surface area (Å²) in [4.78, 5) is 26.8. The molecule has 0 bridgehead atoms. The molecule has 6 heteroatoms. The summed E-state index contributed by atoms with van der Waals surface area (Å²) in [6.45, 7) is 0.574. The number of anilines is 1. The fraction of sp³-hybridized carbons (Fsp3) is 0.130. The lowest BCUT2D eigenvalue weighted by Crippen LogP contribution is -2.34. The van der Waals surface area contributed by atoms with Gasteiger partial charge in [-0.25, -0.2) is 4.39 Å². The number of hydrogen-bond donors (Lipinski definition) is 1. The second kappa shape index (κ2) is 9.85. The van der Waals surface area contributed by atoms with Crippen LogP contribution in [0, 0.1) is 5.82 Å². The van der Waals surface area contributed by atoms with Crippen molar-refractivity contribution in [3.05, 3.63) is 101 Å². The molecular formula is C23H20ClFN2O2. The van der Waals surface area contributed by atoms with E-state index in [0.717, 1.165) is 17.3 Å². The van der Waals surface area contributed by atoms with E-state index < -0.39 is 11.7 Å². The van der Waals surface area contributed by atoms with Crippen LogP contribution in [0.4, 0.5) is 10.1 Å². The van der Waals surface area contributed by atoms with E-state index in [2.05, 4.69) is 5.32 Å². The van der Waals surface area contributed by atoms with E-state index in [1.807, 2.05) is 60.7 Å². The minimum Gasteiger partial charge on any atom is -0.351 e. The van der Waals surface area contributed by atoms with Gasteiger partial charge in [0.25, 0.3) is 5.91 Å². The van der Waals surface area contributed by atoms with Crippen molar-refractivity contribution < 1.29 is 14.0 Å². The van der Waals surface area contributed by atoms with Crippen molar-refractivity contribution in [1.82, 2.24) is 5.32 Å². The van der Waals surface area contributed by atoms with E-state index >= 15 is 0 Å². The molecule has 0 aromatic heterocycles. The van der Waals surface area contributed by atoms with Gasteiger partial charge in [-0.15, -0.1) is 0 Å². The number of carbonyl (C=O) groups is 2. The summed E-state index contributed by atoms with van der Waals surface area (Å²) in [5.41, 5.74) is 1.96. The predicted octanol–water partition coefficient (Wildman–Crippen LogP) is 4.83. The van der Waals surface area contributed by atoms with Crippen molar-refractivity contribution in [2.45, 2.75) is 13.0 Å². The Morgan fingerprint density at radius 3 is 2.24 bits per heavy atom. The summed E-state index contributed by atoms with van der Waals surface area (Å²) in [7, 11) is 0. The highest BCUT2D eigenvalue weighted by molar-refractivity contribution is 6.33. The third-order valence-corrected chi connectivity index (χ3v) is 4.67. The predicted molar refractivity (Wildman–Crippen MR) is 112 cm³/mol. The summed E-state index contributed by atoms with van der Waals surface area (Å²) in [5, 5.41) is 2.70. The number of nitrogens with one attached hydrogen (secondary N) is 1. The van der Waals surface area contributed by atoms with Gasteiger partial charge in [0, 0.05) is 18.7 Å². The summed E-state index contributed by atoms with van der Waals surface area (Å²) in [6, 6.07) is 22.7. The van der Waals surface area contributed by atoms with Crippen LogP contribution in [0.2, 0.25) is 5.02 Å². The first-order valence-corrected chi connectivity index (χ1v) is 9.55. The van der Waals surface area contributed by atoms with Gasteiger partial charge in [-0.1, -0.05) is 60.1 Å². The minimum absolute atomic E-state index is 0.0313. The largest absolute Gasteiger partial charge is 0.351 e. The maximum atomic E-state index is 13.1. The fourth-order valence-electron chi connectivity index (χ4n) is 2.88. The Morgan fingerprint density at radius 1 is 0.931 bits per heavy atom. The van der Waals surface area contributed by atoms with Crippen LogP contribution in [0.15, 0.2) is 78.9 Å². The Balaban J connectivity index is 1.64. The van der Waals surface area contributed by atoms with Gasteiger partial charge in [0.1, 0.15) is 5.82 Å². The van der Waals surface area contributed by atoms with Gasteiger partial charge in [-0.05, 0) is 35.9 Å². The lowest BCUT2D eigenvalue weighted by atomic mass is 10.1. The van der Waals surface area contributed by atoms with E-state index in [0.29, 0.717) is 6.54 Å². The first-order valence-electron chi connectivity index (χ1n) is 9.17. The van der Waals surface area contributed by atoms with E-state index in [1.54, 1.807) is 4.90 Å². The average molecular weight is 411 g/mol. The fourth-order valence-corrected chi connectivity index (χ4v) is 3.14. The van der Waals surface area contributed by atoms with Crippen LogP contribution in [0.1, 0.15) is 22.3 Å². The zero-order chi connectivity index (χ0) is 20.6. The molecule has 0 aliphatic carbocycles. The second-order valence-corrected chi connectivity index (χ2v) is 6.84. The lowest BCUT2D eigenvalue weighted by Gasteiger charge is -2.23. The van der Waals surface area contributed by atoms with Crippen molar-refractivity contribution in [2.75, 3.05) is 11.4 Å². The molecule has 1 N–H and O–H groups in total. The molecule has 3 aromatic carbocycles. The van der Waals surface area contributed by atoms with Crippen LogP contribution in [0.5, 0.6) is 0 Å². The van der Waals surface area contributed by atoms with Crippen LogP contribution in [-0.2, 0) is 11.3 Å². The first kappa shape index (κ1) is 20.6. The number of nitrogens with zero attached hydrogens (tertiary/aromatic N) is 1. The van der Waals surface area contributed by atoms with E-state index in [9.17, 15) is 14.0 Å². The van der Waals surface area contributed by atoms with Crippen LogP contribution in [-0.4, -0.2) is 18.4 Å². The van der Waals surface area contributed by atoms with Crippen molar-refractivity contribution in [3.63, 3.8) is 0 Å². The third kappa shape index (κ3) is 5.65. The molecule has 2 amide bonds. The standard InChI is InChI=1S/C23H20ClFN2O2/c24-21-15-18(25)11-12-20(21)23(29)26-14-13-22(28)27(19-9-5-2-6-10-19)16-17-7-3-1-4-8-17/h1-12,15H,13-14,16H2,(H,26,29). The molecule has 3 rings (SSSR count). The molecule has 0 saturated heterocycles. The molecule has 0 aliphatic rings. The second-order valence-electron chi connectivity index (χ2n) is 6.43. The smallest absolute Gasteiger partial charge is 0.252 e. The molecule has 148 valence electrons. The average Bonchev–Trinajstić information content (AvgIpc) is 2.73. The molecular weight excluding hydrogens is 391 g/mol. The van der Waals surface area contributed by atoms with Crippen LogP contribution >= 0.6 is 11.6 Å². The Bertz CT molecular complexity index is 981. The summed E-state index contributed by atoms with van der Waals surface area (Å²) in [6.07, 6.45) is 0.117. The molecule has 0 saturated carbocycles. The van der Waals surface area contributed by atoms with Crippen LogP contribution in [0.3, 0.4) is 0 Å². The quantitative estimate of drug-likeness (QED) is 0.606. The summed E-state index contributed by atoms with van der Waals surface area (Å²) < 4.78 is 13.1. The van der Waals surface area contributed by atoms with Gasteiger partial charge < -0.3 is 10.2 Å². The van der Waals surface area contributed by atoms with Crippen molar-refractivity contribution in [2.24, 2.45) is 0 Å². The van der Waals surface area contributed by atoms with Gasteiger partial charge in [0.2, 0.25) is 5.91 Å². The molecule has 0 fully saturated rings. The number of halogens is 2. The van der Waals surface area contributed by atoms with E-state index in [1.165, 1.54) is 12.1 Å². The van der Waals surface area contributed by atoms with Crippen LogP contribution < -0.4 is 10.2 Å². The molecule has 0 heterocycles. The maximum Gasteiger partial charge on any atom is 0.252 e. The topological polar surface area (TPSA) is 49.4 Å². The SMILES string of the molecule is O=C(NCCC(=O)N(Cc1ccccc1)c1ccccc1)c1ccc(F)cc1Cl. The number of benzene rings is 3. The van der Waals surface area contributed by atoms with E-state index in [-0.39, 0.29) is 29.5 Å². The van der Waals surface area contributed by atoms with Gasteiger partial charge in [-0.2, -0.15) is 0 Å². The Labute approximate surface area is 173 Å². The highest BCUT2D eigenvalue weighted by atomic mass is 35.5. The van der Waals surface area contributed by atoms with Crippen molar-refractivity contribution in [3.8, 4) is 0 Å². The molecule has 4 nitrogen and oxygen atoms in total. The number of para-hydroxylation sites is 1. The van der Waals surface area contributed by atoms with Gasteiger partial charge in [-0.3, -0.25) is 9.59 Å². The zero-order valence-electron chi connectivity index (χ0n) is 15.6. The Hall–Kier alpha value is -3.18. The number of amides is 2. The maximum absolute atomic E-state index is 13.1. The number of carbonyl (C=O) groups excluding carboxylic acids is 2. The van der Waals surface area contributed by atoms with Crippen LogP contribution in [0.25, 0.3) is 0 Å². The molecule has 0 unspecified atom stereocenters. The normalized spacial score (nSPS) is 10.4. The minimum atomic E-state index is -0.513. The summed E-state index contributed by atoms with van der Waals surface area (Å²) in [5.74, 6) is -1.08. The molecule has 29 heavy (non-hydrogen) atoms. The van der Waals surface area contributed by atoms with Gasteiger partial charge in [0.15, 0.2) is 0 Å². The molecule has 0 radical (unpaired) electrons. The highest BCUT2D eigenvalue weighted by Gasteiger charge is 2.17. The molecule has 0 atom stereocenters. The Morgan fingerprint density at radius 2 is 1.59 bits per heavy atom. The van der Waals surface area contributed by atoms with Crippen molar-refractivity contribution >= 4 is 29.1 Å². The third-order valence-electron chi connectivity index (χ3n) is 4.35. The van der Waals surface area contributed by atoms with Gasteiger partial charge in [0.05, 0.1) is 17.1 Å². The molecule has 3 aromatic rings. The zero-order valence-corrected chi connectivity index (χ0v) is 16.4. The van der Waals surface area contributed by atoms with Gasteiger partial charge >= 0.3 is 0 Å². The number of hydrogen-bond acceptors (Lipinski definition) is 2. The first-order chi connectivity index (χ1) is 14.0. The monoisotopic (exact) mass is 410 g/mol. The number of rotatable bonds is 7. The van der Waals surface area contributed by atoms with E-state index in [4.69, 9.17) is 11.6 Å². The Kier molecular flexibility index (Phi) is 6.98. The molecule has 0 spiro atoms. The van der Waals surface area contributed by atoms with Crippen molar-refractivity contribution in [1.29, 1.82) is 0 Å². The highest BCUT2D eigenvalue weighted by Crippen LogP contribution is 2.19.